The predicted molar refractivity (Wildman–Crippen MR) is 86.4 cm³/mol. The van der Waals surface area contributed by atoms with Gasteiger partial charge in [0.1, 0.15) is 4.90 Å². The van der Waals surface area contributed by atoms with Crippen LogP contribution in [0.3, 0.4) is 0 Å². The summed E-state index contributed by atoms with van der Waals surface area (Å²) in [6.07, 6.45) is 0. The van der Waals surface area contributed by atoms with Gasteiger partial charge >= 0.3 is 0 Å². The number of amides is 1. The average Bonchev–Trinajstić information content (AvgIpc) is 2.91. The van der Waals surface area contributed by atoms with Crippen molar-refractivity contribution in [3.05, 3.63) is 52.4 Å². The van der Waals surface area contributed by atoms with E-state index in [1.807, 2.05) is 4.72 Å². The molecule has 0 aliphatic heterocycles. The molecule has 0 saturated heterocycles. The summed E-state index contributed by atoms with van der Waals surface area (Å²) >= 11 is 5.88. The summed E-state index contributed by atoms with van der Waals surface area (Å²) in [5, 5.41) is 7.57. The van der Waals surface area contributed by atoms with E-state index in [4.69, 9.17) is 11.6 Å². The summed E-state index contributed by atoms with van der Waals surface area (Å²) < 4.78 is 28.0. The largest absolute Gasteiger partial charge is 0.289 e. The minimum Gasteiger partial charge on any atom is -0.266 e. The predicted octanol–water partition coefficient (Wildman–Crippen LogP) is 1.51. The Balaban J connectivity index is 2.01. The van der Waals surface area contributed by atoms with Crippen LogP contribution < -0.4 is 4.72 Å². The van der Waals surface area contributed by atoms with Crippen molar-refractivity contribution in [2.75, 3.05) is 0 Å². The number of rotatable bonds is 3. The number of carbonyl (C=O) groups excluding carboxylic acids is 1. The zero-order chi connectivity index (χ0) is 17.5. The van der Waals surface area contributed by atoms with E-state index in [1.54, 1.807) is 26.0 Å². The normalized spacial score (nSPS) is 11.6. The van der Waals surface area contributed by atoms with Crippen LogP contribution in [0.1, 0.15) is 21.9 Å². The Morgan fingerprint density at radius 1 is 1.25 bits per heavy atom. The fraction of sp³-hybridized carbons (Fsp3) is 0.143. The third kappa shape index (κ3) is 2.83. The maximum atomic E-state index is 12.4. The van der Waals surface area contributed by atoms with Crippen LogP contribution in [0.5, 0.6) is 0 Å². The van der Waals surface area contributed by atoms with Gasteiger partial charge < -0.3 is 0 Å². The fourth-order valence-electron chi connectivity index (χ4n) is 2.21. The first-order valence-electron chi connectivity index (χ1n) is 6.81. The van der Waals surface area contributed by atoms with E-state index >= 15 is 0 Å². The number of aromatic nitrogens is 4. The molecule has 0 aliphatic carbocycles. The summed E-state index contributed by atoms with van der Waals surface area (Å²) in [4.78, 5) is 16.4. The second-order valence-electron chi connectivity index (χ2n) is 5.08. The zero-order valence-electron chi connectivity index (χ0n) is 12.7. The molecule has 0 aliphatic rings. The van der Waals surface area contributed by atoms with E-state index in [2.05, 4.69) is 15.3 Å². The van der Waals surface area contributed by atoms with Crippen LogP contribution in [-0.4, -0.2) is 34.1 Å². The van der Waals surface area contributed by atoms with Crippen molar-refractivity contribution < 1.29 is 13.2 Å². The van der Waals surface area contributed by atoms with E-state index in [-0.39, 0.29) is 21.3 Å². The molecule has 0 saturated carbocycles. The summed E-state index contributed by atoms with van der Waals surface area (Å²) in [7, 11) is -4.14. The van der Waals surface area contributed by atoms with Crippen molar-refractivity contribution in [2.24, 2.45) is 0 Å². The molecule has 10 heteroatoms. The van der Waals surface area contributed by atoms with Crippen molar-refractivity contribution in [1.29, 1.82) is 0 Å². The minimum atomic E-state index is -4.14. The molecule has 0 spiro atoms. The molecule has 0 fully saturated rings. The van der Waals surface area contributed by atoms with Crippen LogP contribution in [0, 0.1) is 13.8 Å². The lowest BCUT2D eigenvalue weighted by molar-refractivity contribution is 0.0978. The van der Waals surface area contributed by atoms with Gasteiger partial charge in [0.15, 0.2) is 11.3 Å². The molecule has 3 rings (SSSR count). The maximum absolute atomic E-state index is 12.4. The lowest BCUT2D eigenvalue weighted by atomic mass is 10.3. The second kappa shape index (κ2) is 5.84. The molecule has 3 aromatic rings. The van der Waals surface area contributed by atoms with E-state index in [0.717, 1.165) is 5.69 Å². The number of sulfonamides is 1. The van der Waals surface area contributed by atoms with Crippen molar-refractivity contribution in [2.45, 2.75) is 18.7 Å². The molecule has 0 unspecified atom stereocenters. The topological polar surface area (TPSA) is 106 Å². The van der Waals surface area contributed by atoms with Crippen molar-refractivity contribution in [1.82, 2.24) is 24.5 Å². The molecule has 2 aromatic heterocycles. The first-order valence-corrected chi connectivity index (χ1v) is 8.67. The van der Waals surface area contributed by atoms with Gasteiger partial charge in [-0.15, -0.1) is 5.10 Å². The Labute approximate surface area is 142 Å². The number of halogens is 1. The van der Waals surface area contributed by atoms with Gasteiger partial charge in [-0.25, -0.2) is 18.1 Å². The van der Waals surface area contributed by atoms with Crippen LogP contribution in [0.25, 0.3) is 5.65 Å². The van der Waals surface area contributed by atoms with E-state index in [1.165, 1.54) is 22.7 Å². The molecule has 1 N–H and O–H groups in total. The van der Waals surface area contributed by atoms with E-state index < -0.39 is 15.9 Å². The third-order valence-corrected chi connectivity index (χ3v) is 5.08. The van der Waals surface area contributed by atoms with Gasteiger partial charge in [0.05, 0.1) is 5.02 Å². The van der Waals surface area contributed by atoms with E-state index in [0.29, 0.717) is 5.69 Å². The smallest absolute Gasteiger partial charge is 0.266 e. The Morgan fingerprint density at radius 3 is 2.67 bits per heavy atom. The Hall–Kier alpha value is -2.52. The minimum absolute atomic E-state index is 0.00966. The highest BCUT2D eigenvalue weighted by molar-refractivity contribution is 7.90. The van der Waals surface area contributed by atoms with Crippen LogP contribution in [0.15, 0.2) is 35.2 Å². The van der Waals surface area contributed by atoms with E-state index in [9.17, 15) is 13.2 Å². The van der Waals surface area contributed by atoms with Crippen LogP contribution >= 0.6 is 11.6 Å². The fourth-order valence-corrected chi connectivity index (χ4v) is 3.69. The van der Waals surface area contributed by atoms with Gasteiger partial charge in [-0.3, -0.25) is 4.79 Å². The molecule has 0 atom stereocenters. The summed E-state index contributed by atoms with van der Waals surface area (Å²) in [5.41, 5.74) is 1.38. The molecule has 0 bridgehead atoms. The molecule has 2 heterocycles. The number of hydrogen-bond acceptors (Lipinski definition) is 6. The number of fused-ring (bicyclic) bond motifs is 1. The average molecular weight is 366 g/mol. The van der Waals surface area contributed by atoms with Crippen molar-refractivity contribution >= 4 is 33.2 Å². The molecule has 1 aromatic carbocycles. The number of hydrogen-bond donors (Lipinski definition) is 1. The Kier molecular flexibility index (Phi) is 3.98. The van der Waals surface area contributed by atoms with Crippen molar-refractivity contribution in [3.8, 4) is 0 Å². The van der Waals surface area contributed by atoms with Crippen molar-refractivity contribution in [3.63, 3.8) is 0 Å². The standard InChI is InChI=1S/C14H12ClN5O3S/c1-8-7-9(2)20-13(16-8)12(17-19-20)14(21)18-24(22,23)11-6-4-3-5-10(11)15/h3-7H,1-2H3,(H,18,21). The number of nitrogens with zero attached hydrogens (tertiary/aromatic N) is 4. The number of nitrogens with one attached hydrogen (secondary N) is 1. The van der Waals surface area contributed by atoms with Gasteiger partial charge in [-0.2, -0.15) is 4.52 Å². The molecule has 124 valence electrons. The summed E-state index contributed by atoms with van der Waals surface area (Å²) in [6, 6.07) is 7.58. The Morgan fingerprint density at radius 2 is 1.96 bits per heavy atom. The lowest BCUT2D eigenvalue weighted by Gasteiger charge is -2.07. The molecular formula is C14H12ClN5O3S. The SMILES string of the molecule is Cc1cc(C)n2nnc(C(=O)NS(=O)(=O)c3ccccc3Cl)c2n1. The number of carbonyl (C=O) groups is 1. The third-order valence-electron chi connectivity index (χ3n) is 3.25. The highest BCUT2D eigenvalue weighted by Gasteiger charge is 2.25. The quantitative estimate of drug-likeness (QED) is 0.754. The first-order chi connectivity index (χ1) is 11.3. The summed E-state index contributed by atoms with van der Waals surface area (Å²) in [6.45, 7) is 3.53. The van der Waals surface area contributed by atoms with Gasteiger partial charge in [0.25, 0.3) is 15.9 Å². The first kappa shape index (κ1) is 16.3. The van der Waals surface area contributed by atoms with Gasteiger partial charge in [0, 0.05) is 11.4 Å². The molecule has 8 nitrogen and oxygen atoms in total. The second-order valence-corrected chi connectivity index (χ2v) is 7.14. The molecule has 0 radical (unpaired) electrons. The maximum Gasteiger partial charge on any atom is 0.289 e. The highest BCUT2D eigenvalue weighted by atomic mass is 35.5. The van der Waals surface area contributed by atoms with Crippen LogP contribution in [0.4, 0.5) is 0 Å². The van der Waals surface area contributed by atoms with Gasteiger partial charge in [-0.05, 0) is 32.0 Å². The summed E-state index contributed by atoms with van der Waals surface area (Å²) in [5.74, 6) is -0.928. The molecule has 1 amide bonds. The monoisotopic (exact) mass is 365 g/mol. The molecule has 24 heavy (non-hydrogen) atoms. The Bertz CT molecular complexity index is 1060. The lowest BCUT2D eigenvalue weighted by Crippen LogP contribution is -2.31. The highest BCUT2D eigenvalue weighted by Crippen LogP contribution is 2.20. The zero-order valence-corrected chi connectivity index (χ0v) is 14.3. The van der Waals surface area contributed by atoms with Gasteiger partial charge in [-0.1, -0.05) is 28.9 Å². The van der Waals surface area contributed by atoms with Gasteiger partial charge in [0.2, 0.25) is 0 Å². The van der Waals surface area contributed by atoms with Crippen LogP contribution in [-0.2, 0) is 10.0 Å². The number of aryl methyl sites for hydroxylation is 2. The number of benzene rings is 1. The molecular weight excluding hydrogens is 354 g/mol. The van der Waals surface area contributed by atoms with Crippen LogP contribution in [0.2, 0.25) is 5.02 Å².